The Bertz CT molecular complexity index is 896. The van der Waals surface area contributed by atoms with E-state index in [0.717, 1.165) is 22.7 Å². The van der Waals surface area contributed by atoms with E-state index in [-0.39, 0.29) is 5.82 Å². The van der Waals surface area contributed by atoms with Crippen molar-refractivity contribution in [2.45, 2.75) is 6.92 Å². The molecule has 0 radical (unpaired) electrons. The minimum atomic E-state index is -0.427. The van der Waals surface area contributed by atoms with Crippen LogP contribution in [0.1, 0.15) is 16.1 Å². The van der Waals surface area contributed by atoms with Crippen molar-refractivity contribution in [2.75, 3.05) is 14.2 Å². The summed E-state index contributed by atoms with van der Waals surface area (Å²) in [5, 5.41) is 0. The number of carbonyl (C=O) groups excluding carboxylic acids is 1. The first-order valence-electron chi connectivity index (χ1n) is 7.75. The van der Waals surface area contributed by atoms with Crippen LogP contribution in [-0.2, 0) is 4.74 Å². The second kappa shape index (κ2) is 6.81. The van der Waals surface area contributed by atoms with Crippen molar-refractivity contribution in [3.05, 3.63) is 71.8 Å². The Kier molecular flexibility index (Phi) is 4.57. The highest BCUT2D eigenvalue weighted by molar-refractivity contribution is 5.99. The molecule has 3 rings (SSSR count). The van der Waals surface area contributed by atoms with E-state index in [0.29, 0.717) is 11.1 Å². The molecular weight excluding hydrogens is 321 g/mol. The number of methoxy groups -OCH3 is 2. The van der Waals surface area contributed by atoms with Crippen molar-refractivity contribution < 1.29 is 18.7 Å². The van der Waals surface area contributed by atoms with Crippen LogP contribution in [0.3, 0.4) is 0 Å². The van der Waals surface area contributed by atoms with Crippen LogP contribution in [0.25, 0.3) is 16.8 Å². The van der Waals surface area contributed by atoms with Crippen LogP contribution in [-0.4, -0.2) is 24.8 Å². The highest BCUT2D eigenvalue weighted by Gasteiger charge is 2.21. The molecule has 0 bridgehead atoms. The number of halogens is 1. The van der Waals surface area contributed by atoms with Gasteiger partial charge in [0.2, 0.25) is 0 Å². The summed E-state index contributed by atoms with van der Waals surface area (Å²) in [7, 11) is 2.96. The lowest BCUT2D eigenvalue weighted by molar-refractivity contribution is 0.0601. The maximum absolute atomic E-state index is 13.2. The predicted molar refractivity (Wildman–Crippen MR) is 93.8 cm³/mol. The van der Waals surface area contributed by atoms with Gasteiger partial charge in [0.1, 0.15) is 11.6 Å². The van der Waals surface area contributed by atoms with E-state index in [4.69, 9.17) is 9.47 Å². The smallest absolute Gasteiger partial charge is 0.340 e. The summed E-state index contributed by atoms with van der Waals surface area (Å²) in [4.78, 5) is 12.3. The monoisotopic (exact) mass is 339 g/mol. The fourth-order valence-electron chi connectivity index (χ4n) is 2.82. The van der Waals surface area contributed by atoms with Crippen LogP contribution in [0.4, 0.5) is 4.39 Å². The fourth-order valence-corrected chi connectivity index (χ4v) is 2.82. The summed E-state index contributed by atoms with van der Waals surface area (Å²) in [5.74, 6) is -0.000674. The average Bonchev–Trinajstić information content (AvgIpc) is 2.99. The summed E-state index contributed by atoms with van der Waals surface area (Å²) < 4.78 is 25.3. The van der Waals surface area contributed by atoms with Gasteiger partial charge in [0, 0.05) is 23.1 Å². The molecular formula is C20H18FNO3. The molecule has 0 N–H and O–H groups in total. The standard InChI is InChI=1S/C20H18FNO3/c1-13-19(20(23)25-3)18(14-4-6-15(21)7-5-14)12-22(13)16-8-10-17(24-2)11-9-16/h4-12H,1-3H3. The average molecular weight is 339 g/mol. The Morgan fingerprint density at radius 1 is 1.00 bits per heavy atom. The van der Waals surface area contributed by atoms with E-state index in [9.17, 15) is 9.18 Å². The maximum atomic E-state index is 13.2. The quantitative estimate of drug-likeness (QED) is 0.662. The van der Waals surface area contributed by atoms with Gasteiger partial charge in [-0.1, -0.05) is 12.1 Å². The van der Waals surface area contributed by atoms with Crippen LogP contribution in [0.2, 0.25) is 0 Å². The zero-order valence-electron chi connectivity index (χ0n) is 14.2. The van der Waals surface area contributed by atoms with E-state index in [2.05, 4.69) is 0 Å². The molecule has 1 heterocycles. The minimum absolute atomic E-state index is 0.324. The topological polar surface area (TPSA) is 40.5 Å². The molecule has 0 spiro atoms. The van der Waals surface area contributed by atoms with E-state index < -0.39 is 5.97 Å². The zero-order chi connectivity index (χ0) is 18.0. The third-order valence-electron chi connectivity index (χ3n) is 4.15. The molecule has 3 aromatic rings. The van der Waals surface area contributed by atoms with Gasteiger partial charge in [-0.15, -0.1) is 0 Å². The van der Waals surface area contributed by atoms with Crippen LogP contribution in [0.5, 0.6) is 5.75 Å². The molecule has 0 aliphatic heterocycles. The van der Waals surface area contributed by atoms with E-state index in [1.165, 1.54) is 19.2 Å². The third kappa shape index (κ3) is 3.13. The summed E-state index contributed by atoms with van der Waals surface area (Å²) >= 11 is 0. The number of aromatic nitrogens is 1. The van der Waals surface area contributed by atoms with Crippen molar-refractivity contribution in [3.63, 3.8) is 0 Å². The van der Waals surface area contributed by atoms with Gasteiger partial charge in [-0.2, -0.15) is 0 Å². The Morgan fingerprint density at radius 3 is 2.20 bits per heavy atom. The Balaban J connectivity index is 2.17. The number of hydrogen-bond acceptors (Lipinski definition) is 3. The predicted octanol–water partition coefficient (Wildman–Crippen LogP) is 4.39. The molecule has 4 nitrogen and oxygen atoms in total. The fraction of sp³-hybridized carbons (Fsp3) is 0.150. The number of nitrogens with zero attached hydrogens (tertiary/aromatic N) is 1. The minimum Gasteiger partial charge on any atom is -0.497 e. The lowest BCUT2D eigenvalue weighted by atomic mass is 10.0. The number of rotatable bonds is 4. The van der Waals surface area contributed by atoms with Gasteiger partial charge in [-0.3, -0.25) is 0 Å². The van der Waals surface area contributed by atoms with Crippen molar-refractivity contribution in [1.29, 1.82) is 0 Å². The highest BCUT2D eigenvalue weighted by Crippen LogP contribution is 2.31. The van der Waals surface area contributed by atoms with Gasteiger partial charge < -0.3 is 14.0 Å². The van der Waals surface area contributed by atoms with Crippen molar-refractivity contribution in [2.24, 2.45) is 0 Å². The molecule has 0 saturated heterocycles. The second-order valence-electron chi connectivity index (χ2n) is 5.57. The first-order valence-corrected chi connectivity index (χ1v) is 7.75. The molecule has 1 aromatic heterocycles. The number of esters is 1. The van der Waals surface area contributed by atoms with Gasteiger partial charge in [0.05, 0.1) is 19.8 Å². The summed E-state index contributed by atoms with van der Waals surface area (Å²) in [6, 6.07) is 13.5. The molecule has 0 atom stereocenters. The van der Waals surface area contributed by atoms with Gasteiger partial charge in [0.15, 0.2) is 0 Å². The first-order chi connectivity index (χ1) is 12.0. The number of ether oxygens (including phenoxy) is 2. The van der Waals surface area contributed by atoms with Crippen LogP contribution >= 0.6 is 0 Å². The SMILES string of the molecule is COC(=O)c1c(-c2ccc(F)cc2)cn(-c2ccc(OC)cc2)c1C. The van der Waals surface area contributed by atoms with Crippen molar-refractivity contribution in [3.8, 4) is 22.6 Å². The molecule has 0 aliphatic carbocycles. The van der Waals surface area contributed by atoms with Gasteiger partial charge in [0.25, 0.3) is 0 Å². The van der Waals surface area contributed by atoms with Crippen molar-refractivity contribution in [1.82, 2.24) is 4.57 Å². The Hall–Kier alpha value is -3.08. The molecule has 0 unspecified atom stereocenters. The van der Waals surface area contributed by atoms with Gasteiger partial charge in [-0.05, 0) is 48.9 Å². The molecule has 0 fully saturated rings. The van der Waals surface area contributed by atoms with Crippen LogP contribution in [0.15, 0.2) is 54.7 Å². The summed E-state index contributed by atoms with van der Waals surface area (Å²) in [6.07, 6.45) is 1.86. The molecule has 128 valence electrons. The molecule has 0 amide bonds. The van der Waals surface area contributed by atoms with Gasteiger partial charge in [-0.25, -0.2) is 9.18 Å². The normalized spacial score (nSPS) is 10.6. The zero-order valence-corrected chi connectivity index (χ0v) is 14.2. The molecule has 0 aliphatic rings. The lowest BCUT2D eigenvalue weighted by Gasteiger charge is -2.08. The number of hydrogen-bond donors (Lipinski definition) is 0. The van der Waals surface area contributed by atoms with Crippen molar-refractivity contribution >= 4 is 5.97 Å². The highest BCUT2D eigenvalue weighted by atomic mass is 19.1. The van der Waals surface area contributed by atoms with E-state index in [1.54, 1.807) is 19.2 Å². The van der Waals surface area contributed by atoms with Crippen LogP contribution < -0.4 is 4.74 Å². The molecule has 5 heteroatoms. The number of carbonyl (C=O) groups is 1. The Morgan fingerprint density at radius 2 is 1.64 bits per heavy atom. The lowest BCUT2D eigenvalue weighted by Crippen LogP contribution is -2.05. The Labute approximate surface area is 145 Å². The largest absolute Gasteiger partial charge is 0.497 e. The number of benzene rings is 2. The maximum Gasteiger partial charge on any atom is 0.340 e. The van der Waals surface area contributed by atoms with Gasteiger partial charge >= 0.3 is 5.97 Å². The summed E-state index contributed by atoms with van der Waals surface area (Å²) in [5.41, 5.74) is 3.54. The molecule has 25 heavy (non-hydrogen) atoms. The van der Waals surface area contributed by atoms with Crippen LogP contribution in [0, 0.1) is 12.7 Å². The van der Waals surface area contributed by atoms with E-state index >= 15 is 0 Å². The first kappa shape index (κ1) is 16.8. The van der Waals surface area contributed by atoms with E-state index in [1.807, 2.05) is 42.0 Å². The second-order valence-corrected chi connectivity index (χ2v) is 5.57. The third-order valence-corrected chi connectivity index (χ3v) is 4.15. The molecule has 0 saturated carbocycles. The molecule has 2 aromatic carbocycles. The summed E-state index contributed by atoms with van der Waals surface area (Å²) in [6.45, 7) is 1.85.